The molecule has 2 aromatic rings. The van der Waals surface area contributed by atoms with Crippen molar-refractivity contribution in [1.82, 2.24) is 9.88 Å². The Kier molecular flexibility index (Phi) is 4.95. The van der Waals surface area contributed by atoms with Crippen LogP contribution in [0.3, 0.4) is 0 Å². The van der Waals surface area contributed by atoms with Crippen LogP contribution in [0.15, 0.2) is 35.1 Å². The van der Waals surface area contributed by atoms with E-state index < -0.39 is 22.8 Å². The molecule has 3 N–H and O–H groups in total. The van der Waals surface area contributed by atoms with Crippen molar-refractivity contribution in [2.24, 2.45) is 0 Å². The Hall–Kier alpha value is -2.86. The largest absolute Gasteiger partial charge is 0.506 e. The fraction of sp³-hybridized carbons (Fsp3) is 0.300. The summed E-state index contributed by atoms with van der Waals surface area (Å²) in [6.07, 6.45) is 3.60. The number of pyridine rings is 1. The average Bonchev–Trinajstić information content (AvgIpc) is 2.62. The number of carboxylic acid groups (broad SMARTS) is 1. The minimum Gasteiger partial charge on any atom is -0.506 e. The number of aromatic amines is 1. The zero-order valence-corrected chi connectivity index (χ0v) is 14.9. The van der Waals surface area contributed by atoms with Gasteiger partial charge in [0, 0.05) is 18.7 Å². The number of aromatic carboxylic acids is 1. The molecule has 2 heterocycles. The van der Waals surface area contributed by atoms with Crippen molar-refractivity contribution < 1.29 is 15.0 Å². The molecule has 0 aliphatic carbocycles. The van der Waals surface area contributed by atoms with Crippen molar-refractivity contribution in [3.8, 4) is 17.0 Å². The molecule has 0 atom stereocenters. The van der Waals surface area contributed by atoms with E-state index >= 15 is 0 Å². The smallest absolute Gasteiger partial charge is 0.345 e. The van der Waals surface area contributed by atoms with Crippen LogP contribution in [-0.2, 0) is 6.42 Å². The third-order valence-corrected chi connectivity index (χ3v) is 4.81. The first-order valence-electron chi connectivity index (χ1n) is 8.62. The van der Waals surface area contributed by atoms with Crippen LogP contribution in [0.4, 0.5) is 0 Å². The second-order valence-corrected chi connectivity index (χ2v) is 6.51. The summed E-state index contributed by atoms with van der Waals surface area (Å²) in [5.74, 6) is -1.89. The van der Waals surface area contributed by atoms with Crippen molar-refractivity contribution in [3.05, 3.63) is 57.4 Å². The van der Waals surface area contributed by atoms with Gasteiger partial charge in [0.25, 0.3) is 5.56 Å². The predicted octanol–water partition coefficient (Wildman–Crippen LogP) is 2.73. The van der Waals surface area contributed by atoms with Gasteiger partial charge in [-0.25, -0.2) is 4.79 Å². The highest BCUT2D eigenvalue weighted by molar-refractivity contribution is 5.92. The molecular formula is C20H22N2O4. The van der Waals surface area contributed by atoms with Crippen LogP contribution >= 0.6 is 0 Å². The van der Waals surface area contributed by atoms with E-state index in [2.05, 4.69) is 23.0 Å². The first kappa shape index (κ1) is 17.9. The van der Waals surface area contributed by atoms with Crippen molar-refractivity contribution in [3.63, 3.8) is 0 Å². The van der Waals surface area contributed by atoms with Gasteiger partial charge in [-0.15, -0.1) is 0 Å². The third-order valence-electron chi connectivity index (χ3n) is 4.81. The fourth-order valence-electron chi connectivity index (χ4n) is 3.30. The van der Waals surface area contributed by atoms with Gasteiger partial charge >= 0.3 is 5.97 Å². The zero-order valence-electron chi connectivity index (χ0n) is 14.9. The second kappa shape index (κ2) is 7.17. The van der Waals surface area contributed by atoms with Crippen molar-refractivity contribution >= 4 is 11.5 Å². The average molecular weight is 354 g/mol. The summed E-state index contributed by atoms with van der Waals surface area (Å²) in [4.78, 5) is 28.2. The molecule has 6 nitrogen and oxygen atoms in total. The molecule has 0 fully saturated rings. The van der Waals surface area contributed by atoms with Crippen LogP contribution < -0.4 is 5.56 Å². The summed E-state index contributed by atoms with van der Waals surface area (Å²) in [6.45, 7) is 3.75. The number of benzene rings is 1. The van der Waals surface area contributed by atoms with Gasteiger partial charge < -0.3 is 20.1 Å². The van der Waals surface area contributed by atoms with Crippen LogP contribution in [0.1, 0.15) is 34.8 Å². The molecule has 136 valence electrons. The Morgan fingerprint density at radius 3 is 2.42 bits per heavy atom. The van der Waals surface area contributed by atoms with E-state index in [1.54, 1.807) is 6.92 Å². The maximum Gasteiger partial charge on any atom is 0.345 e. The highest BCUT2D eigenvalue weighted by Crippen LogP contribution is 2.31. The van der Waals surface area contributed by atoms with Gasteiger partial charge in [-0.1, -0.05) is 37.3 Å². The molecule has 1 aliphatic heterocycles. The molecule has 0 saturated carbocycles. The quantitative estimate of drug-likeness (QED) is 0.785. The highest BCUT2D eigenvalue weighted by Gasteiger charge is 2.21. The lowest BCUT2D eigenvalue weighted by Crippen LogP contribution is -2.23. The van der Waals surface area contributed by atoms with Crippen molar-refractivity contribution in [1.29, 1.82) is 0 Å². The van der Waals surface area contributed by atoms with Crippen LogP contribution in [0, 0.1) is 0 Å². The van der Waals surface area contributed by atoms with E-state index in [0.29, 0.717) is 17.7 Å². The van der Waals surface area contributed by atoms with Crippen LogP contribution in [0.2, 0.25) is 0 Å². The number of carbonyl (C=O) groups is 1. The third kappa shape index (κ3) is 3.28. The number of likely N-dealkylation sites (N-methyl/N-ethyl adjacent to an activating group) is 1. The van der Waals surface area contributed by atoms with E-state index in [0.717, 1.165) is 30.6 Å². The summed E-state index contributed by atoms with van der Waals surface area (Å²) in [5.41, 5.74) is 2.64. The second-order valence-electron chi connectivity index (χ2n) is 6.51. The number of nitrogens with one attached hydrogen (secondary N) is 1. The van der Waals surface area contributed by atoms with E-state index in [9.17, 15) is 14.7 Å². The lowest BCUT2D eigenvalue weighted by molar-refractivity contribution is 0.0691. The van der Waals surface area contributed by atoms with E-state index in [-0.39, 0.29) is 0 Å². The Morgan fingerprint density at radius 1 is 1.23 bits per heavy atom. The summed E-state index contributed by atoms with van der Waals surface area (Å²) in [6, 6.07) is 7.76. The number of carboxylic acids is 1. The van der Waals surface area contributed by atoms with Gasteiger partial charge in [-0.2, -0.15) is 0 Å². The number of aromatic nitrogens is 1. The number of H-pyrrole nitrogens is 1. The van der Waals surface area contributed by atoms with E-state index in [1.165, 1.54) is 5.57 Å². The molecule has 0 unspecified atom stereocenters. The Balaban J connectivity index is 2.02. The molecule has 0 saturated heterocycles. The van der Waals surface area contributed by atoms with Crippen LogP contribution in [0.25, 0.3) is 16.8 Å². The number of hydrogen-bond acceptors (Lipinski definition) is 4. The molecule has 6 heteroatoms. The normalized spacial score (nSPS) is 14.9. The zero-order chi connectivity index (χ0) is 18.8. The number of rotatable bonds is 4. The topological polar surface area (TPSA) is 93.6 Å². The van der Waals surface area contributed by atoms with Gasteiger partial charge in [0.05, 0.1) is 5.69 Å². The summed E-state index contributed by atoms with van der Waals surface area (Å²) >= 11 is 0. The van der Waals surface area contributed by atoms with Gasteiger partial charge in [-0.3, -0.25) is 4.79 Å². The molecule has 26 heavy (non-hydrogen) atoms. The fourth-order valence-corrected chi connectivity index (χ4v) is 3.30. The maximum atomic E-state index is 12.1. The lowest BCUT2D eigenvalue weighted by atomic mass is 9.96. The minimum absolute atomic E-state index is 0.400. The first-order chi connectivity index (χ1) is 12.4. The number of hydrogen-bond donors (Lipinski definition) is 3. The Bertz CT molecular complexity index is 926. The Labute approximate surface area is 151 Å². The first-order valence-corrected chi connectivity index (χ1v) is 8.62. The molecule has 1 aliphatic rings. The summed E-state index contributed by atoms with van der Waals surface area (Å²) in [7, 11) is 2.09. The minimum atomic E-state index is -1.44. The lowest BCUT2D eigenvalue weighted by Gasteiger charge is -2.22. The molecule has 1 aromatic heterocycles. The van der Waals surface area contributed by atoms with Crippen molar-refractivity contribution in [2.45, 2.75) is 19.8 Å². The van der Waals surface area contributed by atoms with Crippen LogP contribution in [0.5, 0.6) is 5.75 Å². The molecule has 0 amide bonds. The van der Waals surface area contributed by atoms with Gasteiger partial charge in [-0.05, 0) is 36.6 Å². The van der Waals surface area contributed by atoms with Gasteiger partial charge in [0.15, 0.2) is 5.56 Å². The van der Waals surface area contributed by atoms with Gasteiger partial charge in [0.1, 0.15) is 5.75 Å². The van der Waals surface area contributed by atoms with E-state index in [4.69, 9.17) is 5.11 Å². The summed E-state index contributed by atoms with van der Waals surface area (Å²) < 4.78 is 0. The molecule has 0 spiro atoms. The molecule has 0 radical (unpaired) electrons. The number of aromatic hydroxyl groups is 1. The highest BCUT2D eigenvalue weighted by atomic mass is 16.4. The molecule has 1 aromatic carbocycles. The van der Waals surface area contributed by atoms with Gasteiger partial charge in [0.2, 0.25) is 0 Å². The summed E-state index contributed by atoms with van der Waals surface area (Å²) in [5, 5.41) is 19.4. The van der Waals surface area contributed by atoms with E-state index in [1.807, 2.05) is 24.3 Å². The predicted molar refractivity (Wildman–Crippen MR) is 101 cm³/mol. The monoisotopic (exact) mass is 354 g/mol. The maximum absolute atomic E-state index is 12.1. The van der Waals surface area contributed by atoms with Crippen molar-refractivity contribution in [2.75, 3.05) is 20.1 Å². The molecular weight excluding hydrogens is 332 g/mol. The molecule has 3 rings (SSSR count). The Morgan fingerprint density at radius 2 is 1.88 bits per heavy atom. The van der Waals surface area contributed by atoms with Crippen LogP contribution in [-0.4, -0.2) is 46.2 Å². The number of nitrogens with zero attached hydrogens (tertiary/aromatic N) is 1. The SMILES string of the molecule is CCc1c(-c2ccc(C3=CCN(C)CC3)cc2)[nH]c(=O)c(C(=O)O)c1O. The standard InChI is InChI=1S/C20H22N2O4/c1-3-15-17(21-19(24)16(18(15)23)20(25)26)14-6-4-12(5-7-14)13-8-10-22(2)11-9-13/h4-8H,3,9-11H2,1-2H3,(H,25,26)(H2,21,23,24). The molecule has 0 bridgehead atoms.